The van der Waals surface area contributed by atoms with Crippen molar-refractivity contribution in [3.63, 3.8) is 0 Å². The lowest BCUT2D eigenvalue weighted by molar-refractivity contribution is -0.182. The summed E-state index contributed by atoms with van der Waals surface area (Å²) in [6.07, 6.45) is -0.718. The summed E-state index contributed by atoms with van der Waals surface area (Å²) in [5.74, 6) is -0.768. The van der Waals surface area contributed by atoms with Crippen LogP contribution in [0.3, 0.4) is 0 Å². The van der Waals surface area contributed by atoms with Gasteiger partial charge in [-0.3, -0.25) is 18.9 Å². The third-order valence-electron chi connectivity index (χ3n) is 4.70. The van der Waals surface area contributed by atoms with Crippen LogP contribution in [0.4, 0.5) is 25.0 Å². The molecule has 10 heteroatoms. The number of rotatable bonds is 6. The van der Waals surface area contributed by atoms with Gasteiger partial charge in [0.15, 0.2) is 0 Å². The van der Waals surface area contributed by atoms with Gasteiger partial charge in [-0.1, -0.05) is 0 Å². The highest BCUT2D eigenvalue weighted by atomic mass is 19.1. The minimum atomic E-state index is -0.556. The Labute approximate surface area is 161 Å². The van der Waals surface area contributed by atoms with Crippen molar-refractivity contribution in [1.29, 1.82) is 0 Å². The maximum absolute atomic E-state index is 14.7. The molecule has 0 aliphatic carbocycles. The zero-order valence-corrected chi connectivity index (χ0v) is 15.5. The average Bonchev–Trinajstić information content (AvgIpc) is 2.91. The number of carbonyl (C=O) groups is 2. The number of cyclic esters (lactones) is 1. The maximum Gasteiger partial charge on any atom is 0.414 e. The number of hydroxylamine groups is 2. The second-order valence-electron chi connectivity index (χ2n) is 6.60. The Hall–Kier alpha value is -2.46. The molecule has 0 spiro atoms. The molecule has 2 N–H and O–H groups in total. The molecule has 0 radical (unpaired) electrons. The highest BCUT2D eigenvalue weighted by Gasteiger charge is 2.32. The Morgan fingerprint density at radius 2 is 2.11 bits per heavy atom. The van der Waals surface area contributed by atoms with Crippen molar-refractivity contribution < 1.29 is 27.9 Å². The van der Waals surface area contributed by atoms with Gasteiger partial charge < -0.3 is 15.4 Å². The number of anilines is 2. The molecule has 28 heavy (non-hydrogen) atoms. The van der Waals surface area contributed by atoms with Crippen LogP contribution in [0.5, 0.6) is 0 Å². The maximum atomic E-state index is 14.7. The second-order valence-corrected chi connectivity index (χ2v) is 6.60. The van der Waals surface area contributed by atoms with Gasteiger partial charge in [0.1, 0.15) is 11.9 Å². The highest BCUT2D eigenvalue weighted by molar-refractivity contribution is 5.90. The topological polar surface area (TPSA) is 88.3 Å². The first-order valence-corrected chi connectivity index (χ1v) is 9.25. The number of carbonyl (C=O) groups excluding carboxylic acids is 2. The molecule has 154 valence electrons. The Bertz CT molecular complexity index is 721. The van der Waals surface area contributed by atoms with Gasteiger partial charge in [-0.15, -0.1) is 0 Å². The number of hydrogen-bond donors (Lipinski definition) is 1. The fourth-order valence-electron chi connectivity index (χ4n) is 3.20. The third kappa shape index (κ3) is 4.50. The molecule has 0 unspecified atom stereocenters. The molecule has 3 rings (SSSR count). The monoisotopic (exact) mass is 398 g/mol. The van der Waals surface area contributed by atoms with E-state index in [-0.39, 0.29) is 45.0 Å². The molecule has 2 fully saturated rings. The normalized spacial score (nSPS) is 20.3. The Morgan fingerprint density at radius 3 is 2.79 bits per heavy atom. The first kappa shape index (κ1) is 20.3. The largest absolute Gasteiger partial charge is 0.443 e. The quantitative estimate of drug-likeness (QED) is 0.780. The predicted octanol–water partition coefficient (Wildman–Crippen LogP) is 1.44. The SMILES string of the molecule is NC[C@H]1CN(c2ccc(N3CCON(C(=O)CCCF)CC3)c(F)c2)C(=O)O1. The first-order chi connectivity index (χ1) is 13.5. The predicted molar refractivity (Wildman–Crippen MR) is 98.2 cm³/mol. The Balaban J connectivity index is 1.66. The summed E-state index contributed by atoms with van der Waals surface area (Å²) in [6.45, 7) is 1.16. The molecular formula is C18H24F2N4O4. The molecule has 2 aliphatic heterocycles. The van der Waals surface area contributed by atoms with E-state index in [2.05, 4.69) is 0 Å². The van der Waals surface area contributed by atoms with E-state index in [1.165, 1.54) is 16.0 Å². The number of benzene rings is 1. The number of nitrogens with zero attached hydrogens (tertiary/aromatic N) is 3. The lowest BCUT2D eigenvalue weighted by atomic mass is 10.2. The molecule has 1 aromatic rings. The minimum Gasteiger partial charge on any atom is -0.443 e. The zero-order chi connectivity index (χ0) is 20.1. The van der Waals surface area contributed by atoms with Gasteiger partial charge in [-0.05, 0) is 24.6 Å². The molecule has 2 heterocycles. The molecule has 2 amide bonds. The second kappa shape index (κ2) is 9.16. The number of halogens is 2. The molecular weight excluding hydrogens is 374 g/mol. The van der Waals surface area contributed by atoms with Crippen molar-refractivity contribution in [3.05, 3.63) is 24.0 Å². The molecule has 1 atom stereocenters. The van der Waals surface area contributed by atoms with Crippen LogP contribution in [-0.2, 0) is 14.4 Å². The van der Waals surface area contributed by atoms with Gasteiger partial charge >= 0.3 is 6.09 Å². The van der Waals surface area contributed by atoms with Gasteiger partial charge in [-0.2, -0.15) is 0 Å². The van der Waals surface area contributed by atoms with E-state index >= 15 is 0 Å². The molecule has 0 saturated carbocycles. The third-order valence-corrected chi connectivity index (χ3v) is 4.70. The number of nitrogens with two attached hydrogens (primary N) is 1. The summed E-state index contributed by atoms with van der Waals surface area (Å²) < 4.78 is 32.1. The van der Waals surface area contributed by atoms with Crippen LogP contribution >= 0.6 is 0 Å². The zero-order valence-electron chi connectivity index (χ0n) is 15.5. The van der Waals surface area contributed by atoms with Crippen molar-refractivity contribution in [2.24, 2.45) is 5.73 Å². The summed E-state index contributed by atoms with van der Waals surface area (Å²) in [5, 5.41) is 1.22. The van der Waals surface area contributed by atoms with Crippen LogP contribution in [0, 0.1) is 5.82 Å². The van der Waals surface area contributed by atoms with Crippen LogP contribution in [0.2, 0.25) is 0 Å². The van der Waals surface area contributed by atoms with Gasteiger partial charge in [0.2, 0.25) is 5.91 Å². The summed E-state index contributed by atoms with van der Waals surface area (Å²) in [6, 6.07) is 4.52. The summed E-state index contributed by atoms with van der Waals surface area (Å²) in [5.41, 5.74) is 6.27. The summed E-state index contributed by atoms with van der Waals surface area (Å²) in [4.78, 5) is 32.4. The van der Waals surface area contributed by atoms with Gasteiger partial charge in [0.05, 0.1) is 37.7 Å². The fraction of sp³-hybridized carbons (Fsp3) is 0.556. The first-order valence-electron chi connectivity index (χ1n) is 9.25. The van der Waals surface area contributed by atoms with E-state index in [0.717, 1.165) is 0 Å². The van der Waals surface area contributed by atoms with E-state index in [0.29, 0.717) is 24.5 Å². The van der Waals surface area contributed by atoms with E-state index in [4.69, 9.17) is 15.3 Å². The van der Waals surface area contributed by atoms with E-state index in [9.17, 15) is 18.4 Å². The van der Waals surface area contributed by atoms with Crippen LogP contribution in [-0.4, -0.2) is 69.2 Å². The van der Waals surface area contributed by atoms with Crippen LogP contribution in [0.25, 0.3) is 0 Å². The molecule has 8 nitrogen and oxygen atoms in total. The summed E-state index contributed by atoms with van der Waals surface area (Å²) in [7, 11) is 0. The van der Waals surface area contributed by atoms with Crippen molar-refractivity contribution in [2.75, 3.05) is 55.8 Å². The van der Waals surface area contributed by atoms with Gasteiger partial charge in [0.25, 0.3) is 0 Å². The van der Waals surface area contributed by atoms with E-state index < -0.39 is 24.7 Å². The number of hydrogen-bond acceptors (Lipinski definition) is 6. The number of ether oxygens (including phenoxy) is 1. The standard InChI is InChI=1S/C18H24F2N4O4/c19-5-1-2-17(25)24-7-6-22(8-9-27-24)16-4-3-13(10-15(16)20)23-12-14(11-21)28-18(23)26/h3-4,10,14H,1-2,5-9,11-12,21H2/t14-/m0/s1. The van der Waals surface area contributed by atoms with Crippen LogP contribution < -0.4 is 15.5 Å². The fourth-order valence-corrected chi connectivity index (χ4v) is 3.20. The van der Waals surface area contributed by atoms with Crippen molar-refractivity contribution in [2.45, 2.75) is 18.9 Å². The molecule has 2 aliphatic rings. The van der Waals surface area contributed by atoms with Crippen molar-refractivity contribution >= 4 is 23.4 Å². The lowest BCUT2D eigenvalue weighted by Gasteiger charge is -2.24. The highest BCUT2D eigenvalue weighted by Crippen LogP contribution is 2.28. The molecule has 2 saturated heterocycles. The molecule has 0 bridgehead atoms. The minimum absolute atomic E-state index is 0.0787. The van der Waals surface area contributed by atoms with Crippen LogP contribution in [0.15, 0.2) is 18.2 Å². The number of alkyl halides is 1. The van der Waals surface area contributed by atoms with Crippen molar-refractivity contribution in [3.8, 4) is 0 Å². The Kier molecular flexibility index (Phi) is 6.63. The smallest absolute Gasteiger partial charge is 0.414 e. The van der Waals surface area contributed by atoms with Crippen LogP contribution in [0.1, 0.15) is 12.8 Å². The van der Waals surface area contributed by atoms with Gasteiger partial charge in [0, 0.05) is 26.1 Å². The lowest BCUT2D eigenvalue weighted by Crippen LogP contribution is -2.34. The average molecular weight is 398 g/mol. The Morgan fingerprint density at radius 1 is 1.29 bits per heavy atom. The van der Waals surface area contributed by atoms with Crippen molar-refractivity contribution in [1.82, 2.24) is 5.06 Å². The van der Waals surface area contributed by atoms with E-state index in [1.807, 2.05) is 0 Å². The summed E-state index contributed by atoms with van der Waals surface area (Å²) >= 11 is 0. The molecule has 1 aromatic carbocycles. The van der Waals surface area contributed by atoms with E-state index in [1.54, 1.807) is 17.0 Å². The van der Waals surface area contributed by atoms with Gasteiger partial charge in [-0.25, -0.2) is 14.2 Å². The molecule has 0 aromatic heterocycles. The number of amides is 2.